The monoisotopic (exact) mass is 482 g/mol. The minimum atomic E-state index is -0.636. The highest BCUT2D eigenvalue weighted by atomic mass is 16.5. The average molecular weight is 483 g/mol. The van der Waals surface area contributed by atoms with Gasteiger partial charge in [0, 0.05) is 5.57 Å². The van der Waals surface area contributed by atoms with E-state index in [1.165, 1.54) is 11.8 Å². The van der Waals surface area contributed by atoms with E-state index in [1.54, 1.807) is 43.3 Å². The Morgan fingerprint density at radius 1 is 1.00 bits per heavy atom. The molecule has 3 aromatic rings. The van der Waals surface area contributed by atoms with Crippen LogP contribution in [0.3, 0.4) is 0 Å². The van der Waals surface area contributed by atoms with Gasteiger partial charge < -0.3 is 13.9 Å². The summed E-state index contributed by atoms with van der Waals surface area (Å²) in [7, 11) is 0. The molecule has 1 aliphatic rings. The molecule has 2 aromatic carbocycles. The van der Waals surface area contributed by atoms with Crippen LogP contribution in [-0.4, -0.2) is 23.3 Å². The van der Waals surface area contributed by atoms with E-state index in [4.69, 9.17) is 13.9 Å². The molecule has 0 saturated heterocycles. The zero-order valence-electron chi connectivity index (χ0n) is 20.4. The van der Waals surface area contributed by atoms with Crippen molar-refractivity contribution in [2.75, 3.05) is 6.61 Å². The normalized spacial score (nSPS) is 14.8. The lowest BCUT2D eigenvalue weighted by Gasteiger charge is -2.26. The van der Waals surface area contributed by atoms with Crippen molar-refractivity contribution in [2.24, 2.45) is 0 Å². The van der Waals surface area contributed by atoms with Gasteiger partial charge in [-0.1, -0.05) is 35.9 Å². The number of nitriles is 1. The van der Waals surface area contributed by atoms with Crippen LogP contribution in [0.1, 0.15) is 36.3 Å². The SMILES string of the molecule is CCOc1cc(/C=C2/C(=O)N(Cc3ccco3)C(=O)C(C#N)=C2C)ccc1OCc1ccc(C)cc1. The molecule has 4 rings (SSSR count). The Balaban J connectivity index is 1.64. The first-order valence-corrected chi connectivity index (χ1v) is 11.6. The Bertz CT molecular complexity index is 1380. The number of nitrogens with zero attached hydrogens (tertiary/aromatic N) is 2. The van der Waals surface area contributed by atoms with Crippen molar-refractivity contribution in [3.05, 3.63) is 100 Å². The topological polar surface area (TPSA) is 92.8 Å². The number of amides is 2. The number of hydrogen-bond donors (Lipinski definition) is 0. The van der Waals surface area contributed by atoms with E-state index in [0.29, 0.717) is 41.6 Å². The second kappa shape index (κ2) is 10.8. The van der Waals surface area contributed by atoms with Crippen molar-refractivity contribution in [3.8, 4) is 17.6 Å². The van der Waals surface area contributed by atoms with Gasteiger partial charge in [0.05, 0.1) is 19.4 Å². The predicted molar refractivity (Wildman–Crippen MR) is 134 cm³/mol. The number of imide groups is 1. The fourth-order valence-corrected chi connectivity index (χ4v) is 3.85. The van der Waals surface area contributed by atoms with Gasteiger partial charge in [-0.05, 0) is 67.8 Å². The fourth-order valence-electron chi connectivity index (χ4n) is 3.85. The van der Waals surface area contributed by atoms with Crippen molar-refractivity contribution in [2.45, 2.75) is 33.9 Å². The number of carbonyl (C=O) groups excluding carboxylic acids is 2. The van der Waals surface area contributed by atoms with Crippen molar-refractivity contribution < 1.29 is 23.5 Å². The Labute approximate surface area is 209 Å². The van der Waals surface area contributed by atoms with E-state index in [9.17, 15) is 14.9 Å². The second-order valence-electron chi connectivity index (χ2n) is 8.36. The maximum absolute atomic E-state index is 13.3. The lowest BCUT2D eigenvalue weighted by Crippen LogP contribution is -2.42. The highest BCUT2D eigenvalue weighted by Crippen LogP contribution is 2.33. The number of carbonyl (C=O) groups is 2. The molecule has 0 spiro atoms. The lowest BCUT2D eigenvalue weighted by molar-refractivity contribution is -0.141. The van der Waals surface area contributed by atoms with E-state index in [2.05, 4.69) is 0 Å². The summed E-state index contributed by atoms with van der Waals surface area (Å²) in [4.78, 5) is 27.1. The molecule has 1 aliphatic heterocycles. The average Bonchev–Trinajstić information content (AvgIpc) is 3.39. The summed E-state index contributed by atoms with van der Waals surface area (Å²) in [5, 5.41) is 9.61. The van der Waals surface area contributed by atoms with E-state index in [1.807, 2.05) is 44.2 Å². The Hall–Kier alpha value is -4.57. The molecule has 0 saturated carbocycles. The van der Waals surface area contributed by atoms with Gasteiger partial charge in [0.1, 0.15) is 24.0 Å². The Morgan fingerprint density at radius 3 is 2.44 bits per heavy atom. The standard InChI is InChI=1S/C29H26N2O5/c1-4-34-27-15-22(11-12-26(27)36-18-21-9-7-19(2)8-10-21)14-24-20(3)25(16-30)29(33)31(28(24)32)17-23-6-5-13-35-23/h5-15H,4,17-18H2,1-3H3/b24-14+. The molecular formula is C29H26N2O5. The van der Waals surface area contributed by atoms with Gasteiger partial charge in [-0.2, -0.15) is 5.26 Å². The summed E-state index contributed by atoms with van der Waals surface area (Å²) in [5.74, 6) is 0.428. The lowest BCUT2D eigenvalue weighted by atomic mass is 9.93. The van der Waals surface area contributed by atoms with E-state index < -0.39 is 11.8 Å². The molecule has 7 nitrogen and oxygen atoms in total. The molecule has 1 aromatic heterocycles. The molecule has 7 heteroatoms. The first kappa shape index (κ1) is 24.6. The van der Waals surface area contributed by atoms with Crippen LogP contribution in [-0.2, 0) is 22.7 Å². The quantitative estimate of drug-likeness (QED) is 0.317. The van der Waals surface area contributed by atoms with Gasteiger partial charge in [-0.3, -0.25) is 14.5 Å². The van der Waals surface area contributed by atoms with Crippen LogP contribution in [0.15, 0.2) is 82.0 Å². The largest absolute Gasteiger partial charge is 0.490 e. The maximum Gasteiger partial charge on any atom is 0.272 e. The molecule has 0 unspecified atom stereocenters. The minimum absolute atomic E-state index is 0.0591. The third-order valence-electron chi connectivity index (χ3n) is 5.81. The van der Waals surface area contributed by atoms with Crippen LogP contribution >= 0.6 is 0 Å². The molecule has 2 amide bonds. The summed E-state index contributed by atoms with van der Waals surface area (Å²) in [6.07, 6.45) is 3.12. The highest BCUT2D eigenvalue weighted by molar-refractivity contribution is 6.19. The number of rotatable bonds is 8. The van der Waals surface area contributed by atoms with Gasteiger partial charge in [-0.15, -0.1) is 0 Å². The molecule has 0 radical (unpaired) electrons. The molecule has 36 heavy (non-hydrogen) atoms. The third kappa shape index (κ3) is 5.23. The first-order valence-electron chi connectivity index (χ1n) is 11.6. The predicted octanol–water partition coefficient (Wildman–Crippen LogP) is 5.36. The summed E-state index contributed by atoms with van der Waals surface area (Å²) in [6, 6.07) is 18.8. The van der Waals surface area contributed by atoms with Crippen LogP contribution in [0.25, 0.3) is 6.08 Å². The third-order valence-corrected chi connectivity index (χ3v) is 5.81. The van der Waals surface area contributed by atoms with E-state index >= 15 is 0 Å². The molecule has 0 fully saturated rings. The van der Waals surface area contributed by atoms with Crippen LogP contribution in [0.5, 0.6) is 11.5 Å². The van der Waals surface area contributed by atoms with E-state index in [-0.39, 0.29) is 17.7 Å². The molecule has 0 bridgehead atoms. The zero-order valence-corrected chi connectivity index (χ0v) is 20.4. The smallest absolute Gasteiger partial charge is 0.272 e. The minimum Gasteiger partial charge on any atom is -0.490 e. The second-order valence-corrected chi connectivity index (χ2v) is 8.36. The molecule has 2 heterocycles. The zero-order chi connectivity index (χ0) is 25.7. The van der Waals surface area contributed by atoms with Gasteiger partial charge in [0.25, 0.3) is 11.8 Å². The summed E-state index contributed by atoms with van der Waals surface area (Å²) in [5.41, 5.74) is 3.41. The Kier molecular flexibility index (Phi) is 7.36. The maximum atomic E-state index is 13.3. The summed E-state index contributed by atoms with van der Waals surface area (Å²) >= 11 is 0. The van der Waals surface area contributed by atoms with Crippen LogP contribution in [0.2, 0.25) is 0 Å². The number of benzene rings is 2. The van der Waals surface area contributed by atoms with E-state index in [0.717, 1.165) is 10.5 Å². The van der Waals surface area contributed by atoms with Crippen molar-refractivity contribution in [3.63, 3.8) is 0 Å². The number of aryl methyl sites for hydroxylation is 1. The highest BCUT2D eigenvalue weighted by Gasteiger charge is 2.36. The van der Waals surface area contributed by atoms with Gasteiger partial charge in [-0.25, -0.2) is 0 Å². The fraction of sp³-hybridized carbons (Fsp3) is 0.207. The van der Waals surface area contributed by atoms with Crippen LogP contribution < -0.4 is 9.47 Å². The molecule has 0 aliphatic carbocycles. The van der Waals surface area contributed by atoms with Gasteiger partial charge in [0.15, 0.2) is 11.5 Å². The first-order chi connectivity index (χ1) is 17.4. The summed E-state index contributed by atoms with van der Waals surface area (Å²) in [6.45, 7) is 6.27. The van der Waals surface area contributed by atoms with Gasteiger partial charge >= 0.3 is 0 Å². The summed E-state index contributed by atoms with van der Waals surface area (Å²) < 4.78 is 17.1. The van der Waals surface area contributed by atoms with Crippen molar-refractivity contribution in [1.82, 2.24) is 4.90 Å². The molecule has 182 valence electrons. The van der Waals surface area contributed by atoms with Crippen LogP contribution in [0, 0.1) is 18.3 Å². The van der Waals surface area contributed by atoms with Gasteiger partial charge in [0.2, 0.25) is 0 Å². The number of furan rings is 1. The van der Waals surface area contributed by atoms with Crippen molar-refractivity contribution >= 4 is 17.9 Å². The number of hydrogen-bond acceptors (Lipinski definition) is 6. The molecule has 0 N–H and O–H groups in total. The number of ether oxygens (including phenoxy) is 2. The van der Waals surface area contributed by atoms with Crippen LogP contribution in [0.4, 0.5) is 0 Å². The molecular weight excluding hydrogens is 456 g/mol. The molecule has 0 atom stereocenters. The van der Waals surface area contributed by atoms with Crippen molar-refractivity contribution in [1.29, 1.82) is 5.26 Å². The Morgan fingerprint density at radius 2 is 1.78 bits per heavy atom.